The maximum Gasteiger partial charge on any atom is 0.355 e. The van der Waals surface area contributed by atoms with Crippen LogP contribution >= 0.6 is 15.9 Å². The minimum absolute atomic E-state index is 0.393. The Balaban J connectivity index is 2.15. The molecule has 5 heteroatoms. The first-order valence-electron chi connectivity index (χ1n) is 6.00. The molecule has 0 saturated carbocycles. The van der Waals surface area contributed by atoms with Gasteiger partial charge in [-0.1, -0.05) is 18.2 Å². The molecule has 3 rings (SSSR count). The van der Waals surface area contributed by atoms with Gasteiger partial charge in [0, 0.05) is 28.9 Å². The molecule has 0 atom stereocenters. The lowest BCUT2D eigenvalue weighted by Crippen LogP contribution is -2.01. The van der Waals surface area contributed by atoms with E-state index in [4.69, 9.17) is 4.74 Å². The van der Waals surface area contributed by atoms with Crippen LogP contribution in [0.3, 0.4) is 0 Å². The van der Waals surface area contributed by atoms with E-state index in [1.54, 1.807) is 12.4 Å². The number of nitrogens with one attached hydrogen (secondary N) is 1. The van der Waals surface area contributed by atoms with Crippen molar-refractivity contribution in [3.8, 4) is 11.1 Å². The summed E-state index contributed by atoms with van der Waals surface area (Å²) in [6.45, 7) is 0. The van der Waals surface area contributed by atoms with E-state index in [-0.39, 0.29) is 0 Å². The number of benzene rings is 1. The Bertz CT molecular complexity index is 781. The fourth-order valence-corrected chi connectivity index (χ4v) is 2.73. The number of hydrogen-bond acceptors (Lipinski definition) is 3. The number of pyridine rings is 1. The van der Waals surface area contributed by atoms with Gasteiger partial charge in [0.25, 0.3) is 0 Å². The molecule has 3 aromatic rings. The molecule has 100 valence electrons. The van der Waals surface area contributed by atoms with Gasteiger partial charge in [0.1, 0.15) is 5.69 Å². The molecule has 0 aliphatic rings. The lowest BCUT2D eigenvalue weighted by Gasteiger charge is -2.00. The highest BCUT2D eigenvalue weighted by Gasteiger charge is 2.16. The van der Waals surface area contributed by atoms with Crippen LogP contribution in [0.2, 0.25) is 0 Å². The van der Waals surface area contributed by atoms with Crippen LogP contribution in [-0.2, 0) is 4.74 Å². The molecule has 1 aromatic carbocycles. The Morgan fingerprint density at radius 3 is 2.85 bits per heavy atom. The molecule has 0 radical (unpaired) electrons. The summed E-state index contributed by atoms with van der Waals surface area (Å²) in [4.78, 5) is 18.9. The third-order valence-electron chi connectivity index (χ3n) is 3.12. The molecule has 0 spiro atoms. The largest absolute Gasteiger partial charge is 0.464 e. The minimum atomic E-state index is -0.393. The van der Waals surface area contributed by atoms with Crippen molar-refractivity contribution in [2.45, 2.75) is 0 Å². The molecule has 0 fully saturated rings. The number of aromatic amines is 1. The fourth-order valence-electron chi connectivity index (χ4n) is 2.12. The van der Waals surface area contributed by atoms with Crippen molar-refractivity contribution in [2.24, 2.45) is 0 Å². The van der Waals surface area contributed by atoms with Gasteiger partial charge in [-0.2, -0.15) is 0 Å². The number of nitrogens with zero attached hydrogens (tertiary/aromatic N) is 1. The van der Waals surface area contributed by atoms with Crippen molar-refractivity contribution in [2.75, 3.05) is 7.11 Å². The summed E-state index contributed by atoms with van der Waals surface area (Å²) in [7, 11) is 1.36. The SMILES string of the molecule is COC(=O)c1[nH]c2cc(-c3cccnc3)ccc2c1Br. The quantitative estimate of drug-likeness (QED) is 0.727. The van der Waals surface area contributed by atoms with Gasteiger partial charge in [0.05, 0.1) is 11.6 Å². The van der Waals surface area contributed by atoms with Crippen LogP contribution in [0.25, 0.3) is 22.0 Å². The van der Waals surface area contributed by atoms with Gasteiger partial charge in [-0.15, -0.1) is 0 Å². The number of ether oxygens (including phenoxy) is 1. The summed E-state index contributed by atoms with van der Waals surface area (Å²) in [5.74, 6) is -0.393. The summed E-state index contributed by atoms with van der Waals surface area (Å²) in [6.07, 6.45) is 3.54. The first-order valence-corrected chi connectivity index (χ1v) is 6.80. The summed E-state index contributed by atoms with van der Waals surface area (Å²) in [5.41, 5.74) is 3.36. The van der Waals surface area contributed by atoms with E-state index in [1.807, 2.05) is 30.3 Å². The molecule has 0 unspecified atom stereocenters. The van der Waals surface area contributed by atoms with Gasteiger partial charge >= 0.3 is 5.97 Å². The molecule has 0 aliphatic heterocycles. The van der Waals surface area contributed by atoms with Crippen molar-refractivity contribution in [3.63, 3.8) is 0 Å². The van der Waals surface area contributed by atoms with Crippen LogP contribution < -0.4 is 0 Å². The normalized spacial score (nSPS) is 10.7. The van der Waals surface area contributed by atoms with E-state index in [1.165, 1.54) is 7.11 Å². The zero-order chi connectivity index (χ0) is 14.1. The second-order valence-electron chi connectivity index (χ2n) is 4.31. The third-order valence-corrected chi connectivity index (χ3v) is 3.94. The number of H-pyrrole nitrogens is 1. The molecule has 20 heavy (non-hydrogen) atoms. The van der Waals surface area contributed by atoms with Crippen molar-refractivity contribution < 1.29 is 9.53 Å². The van der Waals surface area contributed by atoms with Crippen molar-refractivity contribution in [1.82, 2.24) is 9.97 Å². The Morgan fingerprint density at radius 1 is 1.30 bits per heavy atom. The molecular weight excluding hydrogens is 320 g/mol. The standard InChI is InChI=1S/C15H11BrN2O2/c1-20-15(19)14-13(16)11-5-4-9(7-12(11)18-14)10-3-2-6-17-8-10/h2-8,18H,1H3. The summed E-state index contributed by atoms with van der Waals surface area (Å²) in [6, 6.07) is 9.84. The van der Waals surface area contributed by atoms with E-state index in [9.17, 15) is 4.79 Å². The summed E-state index contributed by atoms with van der Waals surface area (Å²) in [5, 5.41) is 0.943. The van der Waals surface area contributed by atoms with E-state index in [0.717, 1.165) is 26.5 Å². The number of rotatable bonds is 2. The maximum atomic E-state index is 11.7. The van der Waals surface area contributed by atoms with E-state index < -0.39 is 5.97 Å². The predicted molar refractivity (Wildman–Crippen MR) is 80.6 cm³/mol. The van der Waals surface area contributed by atoms with E-state index in [0.29, 0.717) is 5.69 Å². The van der Waals surface area contributed by atoms with Gasteiger partial charge < -0.3 is 9.72 Å². The number of halogens is 1. The Labute approximate surface area is 123 Å². The molecule has 4 nitrogen and oxygen atoms in total. The molecule has 0 aliphatic carbocycles. The number of carbonyl (C=O) groups excluding carboxylic acids is 1. The number of hydrogen-bond donors (Lipinski definition) is 1. The van der Waals surface area contributed by atoms with E-state index in [2.05, 4.69) is 25.9 Å². The molecular formula is C15H11BrN2O2. The highest BCUT2D eigenvalue weighted by Crippen LogP contribution is 2.31. The first kappa shape index (κ1) is 12.9. The molecule has 1 N–H and O–H groups in total. The number of aromatic nitrogens is 2. The van der Waals surface area contributed by atoms with Gasteiger partial charge in [-0.05, 0) is 33.6 Å². The number of methoxy groups -OCH3 is 1. The zero-order valence-electron chi connectivity index (χ0n) is 10.7. The number of carbonyl (C=O) groups is 1. The fraction of sp³-hybridized carbons (Fsp3) is 0.0667. The van der Waals surface area contributed by atoms with E-state index >= 15 is 0 Å². The summed E-state index contributed by atoms with van der Waals surface area (Å²) >= 11 is 3.43. The van der Waals surface area contributed by atoms with Gasteiger partial charge in [0.15, 0.2) is 0 Å². The van der Waals surface area contributed by atoms with Crippen molar-refractivity contribution in [3.05, 3.63) is 52.9 Å². The Morgan fingerprint density at radius 2 is 2.15 bits per heavy atom. The number of fused-ring (bicyclic) bond motifs is 1. The average Bonchev–Trinajstić information content (AvgIpc) is 2.84. The predicted octanol–water partition coefficient (Wildman–Crippen LogP) is 3.78. The number of esters is 1. The lowest BCUT2D eigenvalue weighted by atomic mass is 10.1. The Hall–Kier alpha value is -2.14. The summed E-state index contributed by atoms with van der Waals surface area (Å²) < 4.78 is 5.47. The molecule has 0 amide bonds. The van der Waals surface area contributed by atoms with Crippen LogP contribution in [-0.4, -0.2) is 23.0 Å². The zero-order valence-corrected chi connectivity index (χ0v) is 12.3. The highest BCUT2D eigenvalue weighted by molar-refractivity contribution is 9.10. The first-order chi connectivity index (χ1) is 9.70. The van der Waals surface area contributed by atoms with Crippen molar-refractivity contribution >= 4 is 32.8 Å². The average molecular weight is 331 g/mol. The van der Waals surface area contributed by atoms with Crippen LogP contribution in [0.5, 0.6) is 0 Å². The van der Waals surface area contributed by atoms with Gasteiger partial charge in [-0.25, -0.2) is 4.79 Å². The Kier molecular flexibility index (Phi) is 3.28. The highest BCUT2D eigenvalue weighted by atomic mass is 79.9. The van der Waals surface area contributed by atoms with Crippen LogP contribution in [0.1, 0.15) is 10.5 Å². The van der Waals surface area contributed by atoms with Crippen LogP contribution in [0.15, 0.2) is 47.2 Å². The minimum Gasteiger partial charge on any atom is -0.464 e. The third kappa shape index (κ3) is 2.10. The molecule has 2 aromatic heterocycles. The second-order valence-corrected chi connectivity index (χ2v) is 5.10. The molecule has 0 bridgehead atoms. The molecule has 2 heterocycles. The van der Waals surface area contributed by atoms with Gasteiger partial charge in [0.2, 0.25) is 0 Å². The smallest absolute Gasteiger partial charge is 0.355 e. The van der Waals surface area contributed by atoms with Crippen LogP contribution in [0, 0.1) is 0 Å². The monoisotopic (exact) mass is 330 g/mol. The van der Waals surface area contributed by atoms with Crippen LogP contribution in [0.4, 0.5) is 0 Å². The topological polar surface area (TPSA) is 55.0 Å². The lowest BCUT2D eigenvalue weighted by molar-refractivity contribution is 0.0594. The van der Waals surface area contributed by atoms with Crippen molar-refractivity contribution in [1.29, 1.82) is 0 Å². The van der Waals surface area contributed by atoms with Gasteiger partial charge in [-0.3, -0.25) is 4.98 Å². The molecule has 0 saturated heterocycles. The maximum absolute atomic E-state index is 11.7. The second kappa shape index (κ2) is 5.09.